The predicted molar refractivity (Wildman–Crippen MR) is 130 cm³/mol. The van der Waals surface area contributed by atoms with Crippen LogP contribution < -0.4 is 16.0 Å². The monoisotopic (exact) mass is 484 g/mol. The number of hydrogen-bond acceptors (Lipinski definition) is 4. The molecule has 1 fully saturated rings. The molecule has 9 heteroatoms. The SMILES string of the molecule is CC(C)(C)OC(=O)N[C@@H](Cc1ccccc1)C(=O)N1CCC2(C1)NC(=O)Nc1ccc(Cl)cc12. The van der Waals surface area contributed by atoms with Crippen LogP contribution in [-0.4, -0.2) is 47.7 Å². The topological polar surface area (TPSA) is 99.8 Å². The fourth-order valence-electron chi connectivity index (χ4n) is 4.50. The lowest BCUT2D eigenvalue weighted by Crippen LogP contribution is -2.55. The summed E-state index contributed by atoms with van der Waals surface area (Å²) in [5.74, 6) is -0.233. The number of ether oxygens (including phenoxy) is 1. The van der Waals surface area contributed by atoms with E-state index in [-0.39, 0.29) is 18.5 Å². The maximum Gasteiger partial charge on any atom is 0.408 e. The van der Waals surface area contributed by atoms with Crippen LogP contribution in [0.2, 0.25) is 5.02 Å². The van der Waals surface area contributed by atoms with Crippen molar-refractivity contribution in [2.45, 2.75) is 50.8 Å². The summed E-state index contributed by atoms with van der Waals surface area (Å²) < 4.78 is 5.40. The number of amides is 4. The average molecular weight is 485 g/mol. The lowest BCUT2D eigenvalue weighted by molar-refractivity contribution is -0.132. The average Bonchev–Trinajstić information content (AvgIpc) is 3.17. The number of likely N-dealkylation sites (tertiary alicyclic amines) is 1. The third-order valence-electron chi connectivity index (χ3n) is 5.95. The Kier molecular flexibility index (Phi) is 6.45. The molecular weight excluding hydrogens is 456 g/mol. The highest BCUT2D eigenvalue weighted by Crippen LogP contribution is 2.40. The highest BCUT2D eigenvalue weighted by molar-refractivity contribution is 6.30. The number of alkyl carbamates (subject to hydrolysis) is 1. The molecule has 0 bridgehead atoms. The second kappa shape index (κ2) is 9.18. The second-order valence-corrected chi connectivity index (χ2v) is 10.2. The van der Waals surface area contributed by atoms with Gasteiger partial charge in [-0.05, 0) is 51.0 Å². The third kappa shape index (κ3) is 5.28. The normalized spacial score (nSPS) is 20.2. The van der Waals surface area contributed by atoms with Gasteiger partial charge in [-0.25, -0.2) is 9.59 Å². The summed E-state index contributed by atoms with van der Waals surface area (Å²) in [5, 5.41) is 9.11. The number of rotatable bonds is 4. The van der Waals surface area contributed by atoms with Gasteiger partial charge < -0.3 is 25.6 Å². The Morgan fingerprint density at radius 3 is 2.65 bits per heavy atom. The molecule has 2 aliphatic heterocycles. The number of halogens is 1. The summed E-state index contributed by atoms with van der Waals surface area (Å²) >= 11 is 6.24. The first-order valence-electron chi connectivity index (χ1n) is 11.3. The van der Waals surface area contributed by atoms with Gasteiger partial charge in [0.2, 0.25) is 5.91 Å². The Balaban J connectivity index is 1.57. The molecule has 1 spiro atoms. The van der Waals surface area contributed by atoms with Crippen LogP contribution in [0.1, 0.15) is 38.3 Å². The van der Waals surface area contributed by atoms with Crippen molar-refractivity contribution in [3.8, 4) is 0 Å². The van der Waals surface area contributed by atoms with E-state index in [4.69, 9.17) is 16.3 Å². The van der Waals surface area contributed by atoms with E-state index in [1.807, 2.05) is 36.4 Å². The molecule has 2 heterocycles. The van der Waals surface area contributed by atoms with Crippen molar-refractivity contribution in [1.29, 1.82) is 0 Å². The van der Waals surface area contributed by atoms with E-state index in [1.54, 1.807) is 37.8 Å². The van der Waals surface area contributed by atoms with Gasteiger partial charge in [0.25, 0.3) is 0 Å². The fourth-order valence-corrected chi connectivity index (χ4v) is 4.67. The van der Waals surface area contributed by atoms with Gasteiger partial charge in [0, 0.05) is 35.8 Å². The first-order valence-corrected chi connectivity index (χ1v) is 11.6. The van der Waals surface area contributed by atoms with Gasteiger partial charge in [0.15, 0.2) is 0 Å². The van der Waals surface area contributed by atoms with Gasteiger partial charge in [0.1, 0.15) is 11.6 Å². The molecule has 4 rings (SSSR count). The van der Waals surface area contributed by atoms with Crippen molar-refractivity contribution in [3.05, 3.63) is 64.7 Å². The van der Waals surface area contributed by atoms with Gasteiger partial charge in [0.05, 0.1) is 5.54 Å². The minimum atomic E-state index is -0.816. The number of nitrogens with zero attached hydrogens (tertiary/aromatic N) is 1. The van der Waals surface area contributed by atoms with Crippen molar-refractivity contribution in [1.82, 2.24) is 15.5 Å². The molecule has 34 heavy (non-hydrogen) atoms. The fraction of sp³-hybridized carbons (Fsp3) is 0.400. The molecule has 180 valence electrons. The molecule has 8 nitrogen and oxygen atoms in total. The number of carbonyl (C=O) groups excluding carboxylic acids is 3. The van der Waals surface area contributed by atoms with Crippen LogP contribution in [0.5, 0.6) is 0 Å². The Morgan fingerprint density at radius 1 is 1.21 bits per heavy atom. The lowest BCUT2D eigenvalue weighted by Gasteiger charge is -2.37. The van der Waals surface area contributed by atoms with Gasteiger partial charge in [-0.2, -0.15) is 0 Å². The standard InChI is InChI=1S/C25H29ClN4O4/c1-24(2,3)34-23(33)28-20(13-16-7-5-4-6-8-16)21(31)30-12-11-25(15-30)18-14-17(26)9-10-19(18)27-22(32)29-25/h4-10,14,20H,11-13,15H2,1-3H3,(H,28,33)(H2,27,29,32)/t20-,25?/m0/s1. The van der Waals surface area contributed by atoms with Gasteiger partial charge in [-0.1, -0.05) is 41.9 Å². The summed E-state index contributed by atoms with van der Waals surface area (Å²) in [5.41, 5.74) is 0.995. The Hall–Kier alpha value is -3.26. The molecule has 0 aromatic heterocycles. The maximum absolute atomic E-state index is 13.6. The molecule has 0 radical (unpaired) electrons. The Labute approximate surface area is 204 Å². The van der Waals surface area contributed by atoms with Crippen molar-refractivity contribution >= 4 is 35.3 Å². The second-order valence-electron chi connectivity index (χ2n) is 9.75. The molecule has 1 unspecified atom stereocenters. The molecular formula is C25H29ClN4O4. The van der Waals surface area contributed by atoms with Crippen molar-refractivity contribution in [2.24, 2.45) is 0 Å². The van der Waals surface area contributed by atoms with Crippen LogP contribution >= 0.6 is 11.6 Å². The minimum absolute atomic E-state index is 0.233. The first-order chi connectivity index (χ1) is 16.0. The molecule has 0 aliphatic carbocycles. The van der Waals surface area contributed by atoms with E-state index in [9.17, 15) is 14.4 Å². The number of anilines is 1. The predicted octanol–water partition coefficient (Wildman–Crippen LogP) is 4.04. The van der Waals surface area contributed by atoms with Crippen molar-refractivity contribution in [3.63, 3.8) is 0 Å². The summed E-state index contributed by atoms with van der Waals surface area (Å²) in [7, 11) is 0. The van der Waals surface area contributed by atoms with E-state index >= 15 is 0 Å². The summed E-state index contributed by atoms with van der Waals surface area (Å²) in [4.78, 5) is 40.2. The highest BCUT2D eigenvalue weighted by atomic mass is 35.5. The van der Waals surface area contributed by atoms with Gasteiger partial charge >= 0.3 is 12.1 Å². The number of urea groups is 1. The highest BCUT2D eigenvalue weighted by Gasteiger charge is 2.47. The van der Waals surface area contributed by atoms with Crippen molar-refractivity contribution in [2.75, 3.05) is 18.4 Å². The third-order valence-corrected chi connectivity index (χ3v) is 6.19. The van der Waals surface area contributed by atoms with E-state index < -0.39 is 23.3 Å². The molecule has 2 aliphatic rings. The van der Waals surface area contributed by atoms with Crippen LogP contribution in [0, 0.1) is 0 Å². The zero-order valence-corrected chi connectivity index (χ0v) is 20.2. The maximum atomic E-state index is 13.6. The first kappa shape index (κ1) is 23.9. The van der Waals surface area contributed by atoms with E-state index in [2.05, 4.69) is 16.0 Å². The summed E-state index contributed by atoms with van der Waals surface area (Å²) in [6.07, 6.45) is 0.200. The van der Waals surface area contributed by atoms with Gasteiger partial charge in [-0.3, -0.25) is 4.79 Å². The molecule has 2 aromatic carbocycles. The van der Waals surface area contributed by atoms with Crippen molar-refractivity contribution < 1.29 is 19.1 Å². The lowest BCUT2D eigenvalue weighted by atomic mass is 9.86. The molecule has 3 N–H and O–H groups in total. The quantitative estimate of drug-likeness (QED) is 0.609. The van der Waals surface area contributed by atoms with Crippen LogP contribution in [0.3, 0.4) is 0 Å². The van der Waals surface area contributed by atoms with Gasteiger partial charge in [-0.15, -0.1) is 0 Å². The number of benzene rings is 2. The summed E-state index contributed by atoms with van der Waals surface area (Å²) in [6, 6.07) is 13.7. The smallest absolute Gasteiger partial charge is 0.408 e. The number of hydrogen-bond donors (Lipinski definition) is 3. The molecule has 0 saturated carbocycles. The number of carbonyl (C=O) groups is 3. The molecule has 2 atom stereocenters. The molecule has 2 aromatic rings. The van der Waals surface area contributed by atoms with Crippen LogP contribution in [0.25, 0.3) is 0 Å². The Bertz CT molecular complexity index is 1100. The van der Waals surface area contributed by atoms with Crippen LogP contribution in [-0.2, 0) is 21.5 Å². The van der Waals surface area contributed by atoms with E-state index in [0.29, 0.717) is 30.1 Å². The zero-order chi connectivity index (χ0) is 24.5. The zero-order valence-electron chi connectivity index (χ0n) is 19.5. The Morgan fingerprint density at radius 2 is 1.94 bits per heavy atom. The molecule has 1 saturated heterocycles. The summed E-state index contributed by atoms with van der Waals surface area (Å²) in [6.45, 7) is 6.01. The number of fused-ring (bicyclic) bond motifs is 2. The largest absolute Gasteiger partial charge is 0.444 e. The van der Waals surface area contributed by atoms with E-state index in [1.165, 1.54) is 0 Å². The van der Waals surface area contributed by atoms with E-state index in [0.717, 1.165) is 11.1 Å². The number of nitrogens with one attached hydrogen (secondary N) is 3. The van der Waals surface area contributed by atoms with Crippen LogP contribution in [0.4, 0.5) is 15.3 Å². The minimum Gasteiger partial charge on any atom is -0.444 e. The van der Waals surface area contributed by atoms with Crippen LogP contribution in [0.15, 0.2) is 48.5 Å². The molecule has 4 amide bonds.